The highest BCUT2D eigenvalue weighted by Gasteiger charge is 2.02. The van der Waals surface area contributed by atoms with Crippen LogP contribution in [0.5, 0.6) is 0 Å². The van der Waals surface area contributed by atoms with Gasteiger partial charge in [-0.25, -0.2) is 0 Å². The van der Waals surface area contributed by atoms with Crippen molar-refractivity contribution in [3.8, 4) is 0 Å². The molecule has 0 radical (unpaired) electrons. The number of aryl methyl sites for hydroxylation is 1. The van der Waals surface area contributed by atoms with Crippen LogP contribution in [0.3, 0.4) is 0 Å². The summed E-state index contributed by atoms with van der Waals surface area (Å²) in [4.78, 5) is 5.40. The Bertz CT molecular complexity index is 290. The highest BCUT2D eigenvalue weighted by atomic mass is 32.1. The maximum Gasteiger partial charge on any atom is 0.0300 e. The summed E-state index contributed by atoms with van der Waals surface area (Å²) in [6, 6.07) is 4.42. The molecule has 1 heterocycles. The minimum atomic E-state index is 1.02. The largest absolute Gasteiger partial charge is 0.311 e. The van der Waals surface area contributed by atoms with E-state index in [1.54, 1.807) is 0 Å². The minimum absolute atomic E-state index is 1.02. The molecule has 0 spiro atoms. The first-order valence-electron chi connectivity index (χ1n) is 6.74. The molecule has 3 heteroatoms. The molecule has 17 heavy (non-hydrogen) atoms. The Labute approximate surface area is 110 Å². The van der Waals surface area contributed by atoms with Gasteiger partial charge >= 0.3 is 0 Å². The van der Waals surface area contributed by atoms with E-state index in [0.29, 0.717) is 0 Å². The van der Waals surface area contributed by atoms with Crippen LogP contribution in [0, 0.1) is 6.92 Å². The average Bonchev–Trinajstić information content (AvgIpc) is 2.71. The zero-order chi connectivity index (χ0) is 12.5. The number of thiophene rings is 1. The van der Waals surface area contributed by atoms with Crippen LogP contribution < -0.4 is 5.32 Å². The van der Waals surface area contributed by atoms with Crippen LogP contribution in [0.15, 0.2) is 12.1 Å². The van der Waals surface area contributed by atoms with Crippen LogP contribution in [-0.4, -0.2) is 31.1 Å². The van der Waals surface area contributed by atoms with E-state index < -0.39 is 0 Å². The number of hydrogen-bond donors (Lipinski definition) is 1. The van der Waals surface area contributed by atoms with Crippen molar-refractivity contribution in [2.75, 3.05) is 26.2 Å². The zero-order valence-electron chi connectivity index (χ0n) is 11.5. The van der Waals surface area contributed by atoms with Gasteiger partial charge in [0.25, 0.3) is 0 Å². The number of rotatable bonds is 9. The Morgan fingerprint density at radius 1 is 1.12 bits per heavy atom. The highest BCUT2D eigenvalue weighted by Crippen LogP contribution is 2.14. The van der Waals surface area contributed by atoms with Gasteiger partial charge in [0, 0.05) is 29.4 Å². The number of nitrogens with one attached hydrogen (secondary N) is 1. The maximum absolute atomic E-state index is 3.53. The molecular formula is C14H26N2S. The van der Waals surface area contributed by atoms with Gasteiger partial charge in [-0.15, -0.1) is 11.3 Å². The Hall–Kier alpha value is -0.380. The van der Waals surface area contributed by atoms with E-state index in [9.17, 15) is 0 Å². The third-order valence-corrected chi connectivity index (χ3v) is 3.78. The summed E-state index contributed by atoms with van der Waals surface area (Å²) in [6.45, 7) is 12.4. The molecule has 0 amide bonds. The van der Waals surface area contributed by atoms with Gasteiger partial charge in [-0.1, -0.05) is 13.8 Å². The molecule has 1 N–H and O–H groups in total. The summed E-state index contributed by atoms with van der Waals surface area (Å²) in [6.07, 6.45) is 2.51. The molecule has 0 aliphatic heterocycles. The molecule has 0 saturated heterocycles. The molecule has 1 aromatic heterocycles. The van der Waals surface area contributed by atoms with Crippen molar-refractivity contribution in [3.05, 3.63) is 21.9 Å². The molecule has 0 bridgehead atoms. The van der Waals surface area contributed by atoms with Gasteiger partial charge in [0.05, 0.1) is 0 Å². The second kappa shape index (κ2) is 8.67. The molecule has 98 valence electrons. The Balaban J connectivity index is 2.13. The van der Waals surface area contributed by atoms with Crippen molar-refractivity contribution in [1.82, 2.24) is 10.2 Å². The van der Waals surface area contributed by atoms with Gasteiger partial charge in [0.2, 0.25) is 0 Å². The number of nitrogens with zero attached hydrogens (tertiary/aromatic N) is 1. The lowest BCUT2D eigenvalue weighted by Gasteiger charge is -2.20. The fourth-order valence-electron chi connectivity index (χ4n) is 2.00. The first kappa shape index (κ1) is 14.7. The van der Waals surface area contributed by atoms with E-state index in [1.807, 2.05) is 11.3 Å². The predicted octanol–water partition coefficient (Wildman–Crippen LogP) is 3.27. The van der Waals surface area contributed by atoms with Crippen LogP contribution in [-0.2, 0) is 6.54 Å². The molecule has 2 nitrogen and oxygen atoms in total. The SMILES string of the molecule is CCCN(CCC)CCNCc1ccc(C)s1. The summed E-state index contributed by atoms with van der Waals surface area (Å²) >= 11 is 1.89. The quantitative estimate of drug-likeness (QED) is 0.680. The van der Waals surface area contributed by atoms with E-state index in [2.05, 4.69) is 43.1 Å². The summed E-state index contributed by atoms with van der Waals surface area (Å²) in [5.74, 6) is 0. The lowest BCUT2D eigenvalue weighted by atomic mass is 10.3. The number of hydrogen-bond acceptors (Lipinski definition) is 3. The summed E-state index contributed by atoms with van der Waals surface area (Å²) in [5, 5.41) is 3.53. The third-order valence-electron chi connectivity index (χ3n) is 2.78. The standard InChI is InChI=1S/C14H26N2S/c1-4-9-16(10-5-2)11-8-15-12-14-7-6-13(3)17-14/h6-7,15H,4-5,8-12H2,1-3H3. The fraction of sp³-hybridized carbons (Fsp3) is 0.714. The smallest absolute Gasteiger partial charge is 0.0300 e. The fourth-order valence-corrected chi connectivity index (χ4v) is 2.86. The molecular weight excluding hydrogens is 228 g/mol. The van der Waals surface area contributed by atoms with E-state index in [1.165, 1.54) is 42.2 Å². The van der Waals surface area contributed by atoms with Crippen molar-refractivity contribution in [1.29, 1.82) is 0 Å². The lowest BCUT2D eigenvalue weighted by molar-refractivity contribution is 0.274. The molecule has 0 saturated carbocycles. The topological polar surface area (TPSA) is 15.3 Å². The highest BCUT2D eigenvalue weighted by molar-refractivity contribution is 7.11. The average molecular weight is 254 g/mol. The van der Waals surface area contributed by atoms with E-state index >= 15 is 0 Å². The van der Waals surface area contributed by atoms with Crippen molar-refractivity contribution in [2.45, 2.75) is 40.2 Å². The molecule has 0 aromatic carbocycles. The van der Waals surface area contributed by atoms with Crippen molar-refractivity contribution in [3.63, 3.8) is 0 Å². The van der Waals surface area contributed by atoms with Gasteiger partial charge in [-0.2, -0.15) is 0 Å². The molecule has 0 aliphatic rings. The molecule has 0 unspecified atom stereocenters. The van der Waals surface area contributed by atoms with Crippen LogP contribution in [0.4, 0.5) is 0 Å². The monoisotopic (exact) mass is 254 g/mol. The van der Waals surface area contributed by atoms with E-state index in [4.69, 9.17) is 0 Å². The van der Waals surface area contributed by atoms with Crippen LogP contribution in [0.1, 0.15) is 36.4 Å². The third kappa shape index (κ3) is 6.20. The van der Waals surface area contributed by atoms with Gasteiger partial charge in [0.1, 0.15) is 0 Å². The second-order valence-corrected chi connectivity index (χ2v) is 5.90. The Kier molecular flexibility index (Phi) is 7.49. The Morgan fingerprint density at radius 3 is 2.35 bits per heavy atom. The van der Waals surface area contributed by atoms with Crippen molar-refractivity contribution >= 4 is 11.3 Å². The van der Waals surface area contributed by atoms with Gasteiger partial charge in [-0.05, 0) is 45.0 Å². The van der Waals surface area contributed by atoms with Gasteiger partial charge < -0.3 is 10.2 Å². The first-order valence-corrected chi connectivity index (χ1v) is 7.56. The molecule has 0 fully saturated rings. The molecule has 1 rings (SSSR count). The van der Waals surface area contributed by atoms with Gasteiger partial charge in [0.15, 0.2) is 0 Å². The van der Waals surface area contributed by atoms with E-state index in [0.717, 1.165) is 13.1 Å². The zero-order valence-corrected chi connectivity index (χ0v) is 12.3. The second-order valence-electron chi connectivity index (χ2n) is 4.53. The van der Waals surface area contributed by atoms with Crippen LogP contribution in [0.2, 0.25) is 0 Å². The van der Waals surface area contributed by atoms with Crippen molar-refractivity contribution in [2.24, 2.45) is 0 Å². The maximum atomic E-state index is 3.53. The molecule has 1 aromatic rings. The Morgan fingerprint density at radius 2 is 1.82 bits per heavy atom. The predicted molar refractivity (Wildman–Crippen MR) is 77.8 cm³/mol. The summed E-state index contributed by atoms with van der Waals surface area (Å²) in [5.41, 5.74) is 0. The first-order chi connectivity index (χ1) is 8.26. The normalized spacial score (nSPS) is 11.3. The summed E-state index contributed by atoms with van der Waals surface area (Å²) in [7, 11) is 0. The van der Waals surface area contributed by atoms with Crippen molar-refractivity contribution < 1.29 is 0 Å². The van der Waals surface area contributed by atoms with Gasteiger partial charge in [-0.3, -0.25) is 0 Å². The van der Waals surface area contributed by atoms with E-state index in [-0.39, 0.29) is 0 Å². The molecule has 0 atom stereocenters. The summed E-state index contributed by atoms with van der Waals surface area (Å²) < 4.78 is 0. The van der Waals surface area contributed by atoms with Crippen LogP contribution >= 0.6 is 11.3 Å². The molecule has 0 aliphatic carbocycles. The lowest BCUT2D eigenvalue weighted by Crippen LogP contribution is -2.33. The van der Waals surface area contributed by atoms with Crippen LogP contribution in [0.25, 0.3) is 0 Å². The minimum Gasteiger partial charge on any atom is -0.311 e.